The van der Waals surface area contributed by atoms with Gasteiger partial charge in [-0.05, 0) is 36.8 Å². The SMILES string of the molecule is CCNC(=NCC(O)c1cccc(OC)c1)NCCOc1ccc(F)cc1F.I. The van der Waals surface area contributed by atoms with Crippen molar-refractivity contribution < 1.29 is 23.4 Å². The lowest BCUT2D eigenvalue weighted by molar-refractivity contribution is 0.186. The number of rotatable bonds is 9. The van der Waals surface area contributed by atoms with Crippen molar-refractivity contribution >= 4 is 29.9 Å². The van der Waals surface area contributed by atoms with Crippen LogP contribution in [-0.4, -0.2) is 44.4 Å². The van der Waals surface area contributed by atoms with E-state index in [1.54, 1.807) is 31.4 Å². The standard InChI is InChI=1S/C20H25F2N3O3.HI/c1-3-23-20(24-9-10-28-19-8-7-15(21)12-17(19)22)25-13-18(26)14-5-4-6-16(11-14)27-2;/h4-8,11-12,18,26H,3,9-10,13H2,1-2H3,(H2,23,24,25);1H. The molecule has 2 aromatic carbocycles. The molecule has 0 amide bonds. The van der Waals surface area contributed by atoms with Crippen molar-refractivity contribution in [2.75, 3.05) is 33.4 Å². The summed E-state index contributed by atoms with van der Waals surface area (Å²) in [7, 11) is 1.57. The Kier molecular flexibility index (Phi) is 11.3. The number of nitrogens with one attached hydrogen (secondary N) is 2. The Labute approximate surface area is 186 Å². The zero-order valence-electron chi connectivity index (χ0n) is 16.3. The second-order valence-corrected chi connectivity index (χ2v) is 5.86. The van der Waals surface area contributed by atoms with Crippen LogP contribution in [0.25, 0.3) is 0 Å². The molecule has 0 saturated carbocycles. The highest BCUT2D eigenvalue weighted by atomic mass is 127. The van der Waals surface area contributed by atoms with E-state index in [1.165, 1.54) is 6.07 Å². The van der Waals surface area contributed by atoms with Gasteiger partial charge in [0.1, 0.15) is 18.2 Å². The van der Waals surface area contributed by atoms with Gasteiger partial charge in [-0.2, -0.15) is 0 Å². The van der Waals surface area contributed by atoms with E-state index in [-0.39, 0.29) is 42.9 Å². The number of halogens is 3. The maximum atomic E-state index is 13.5. The fraction of sp³-hybridized carbons (Fsp3) is 0.350. The molecule has 0 aliphatic carbocycles. The highest BCUT2D eigenvalue weighted by Gasteiger charge is 2.09. The van der Waals surface area contributed by atoms with Gasteiger partial charge in [0, 0.05) is 12.6 Å². The topological polar surface area (TPSA) is 75.1 Å². The molecule has 0 heterocycles. The molecule has 0 spiro atoms. The molecule has 2 aromatic rings. The average Bonchev–Trinajstić information content (AvgIpc) is 2.70. The van der Waals surface area contributed by atoms with E-state index in [0.717, 1.165) is 12.1 Å². The third kappa shape index (κ3) is 8.40. The molecule has 1 unspecified atom stereocenters. The summed E-state index contributed by atoms with van der Waals surface area (Å²) in [5.74, 6) is -0.261. The van der Waals surface area contributed by atoms with Gasteiger partial charge in [-0.1, -0.05) is 12.1 Å². The minimum absolute atomic E-state index is 0. The lowest BCUT2D eigenvalue weighted by Crippen LogP contribution is -2.39. The monoisotopic (exact) mass is 521 g/mol. The highest BCUT2D eigenvalue weighted by Crippen LogP contribution is 2.19. The van der Waals surface area contributed by atoms with Crippen LogP contribution in [0.3, 0.4) is 0 Å². The largest absolute Gasteiger partial charge is 0.497 e. The smallest absolute Gasteiger partial charge is 0.191 e. The quantitative estimate of drug-likeness (QED) is 0.205. The minimum atomic E-state index is -0.782. The summed E-state index contributed by atoms with van der Waals surface area (Å²) < 4.78 is 36.8. The summed E-state index contributed by atoms with van der Waals surface area (Å²) in [4.78, 5) is 4.34. The molecule has 3 N–H and O–H groups in total. The number of guanidine groups is 1. The van der Waals surface area contributed by atoms with E-state index in [1.807, 2.05) is 6.92 Å². The second kappa shape index (κ2) is 13.2. The Balaban J connectivity index is 0.00000420. The number of aliphatic imine (C=N–C) groups is 1. The highest BCUT2D eigenvalue weighted by molar-refractivity contribution is 14.0. The molecule has 6 nitrogen and oxygen atoms in total. The number of ether oxygens (including phenoxy) is 2. The lowest BCUT2D eigenvalue weighted by atomic mass is 10.1. The van der Waals surface area contributed by atoms with E-state index in [9.17, 15) is 13.9 Å². The summed E-state index contributed by atoms with van der Waals surface area (Å²) in [6.07, 6.45) is -0.782. The van der Waals surface area contributed by atoms with Gasteiger partial charge >= 0.3 is 0 Å². The normalized spacial score (nSPS) is 12.0. The van der Waals surface area contributed by atoms with Gasteiger partial charge in [-0.3, -0.25) is 4.99 Å². The molecule has 0 fully saturated rings. The maximum Gasteiger partial charge on any atom is 0.191 e. The first-order valence-electron chi connectivity index (χ1n) is 8.95. The van der Waals surface area contributed by atoms with E-state index < -0.39 is 17.7 Å². The molecular weight excluding hydrogens is 495 g/mol. The van der Waals surface area contributed by atoms with Crippen molar-refractivity contribution in [3.8, 4) is 11.5 Å². The predicted molar refractivity (Wildman–Crippen MR) is 119 cm³/mol. The third-order valence-electron chi connectivity index (χ3n) is 3.79. The molecule has 29 heavy (non-hydrogen) atoms. The van der Waals surface area contributed by atoms with Crippen LogP contribution in [0, 0.1) is 11.6 Å². The van der Waals surface area contributed by atoms with E-state index in [0.29, 0.717) is 30.4 Å². The summed E-state index contributed by atoms with van der Waals surface area (Å²) in [5.41, 5.74) is 0.703. The molecule has 9 heteroatoms. The van der Waals surface area contributed by atoms with Crippen LogP contribution in [0.15, 0.2) is 47.5 Å². The van der Waals surface area contributed by atoms with Gasteiger partial charge in [-0.15, -0.1) is 24.0 Å². The summed E-state index contributed by atoms with van der Waals surface area (Å²) >= 11 is 0. The Morgan fingerprint density at radius 3 is 2.66 bits per heavy atom. The zero-order valence-corrected chi connectivity index (χ0v) is 18.7. The van der Waals surface area contributed by atoms with Gasteiger partial charge < -0.3 is 25.2 Å². The first-order valence-corrected chi connectivity index (χ1v) is 8.95. The van der Waals surface area contributed by atoms with Crippen LogP contribution in [0.1, 0.15) is 18.6 Å². The number of aliphatic hydroxyl groups excluding tert-OH is 1. The summed E-state index contributed by atoms with van der Waals surface area (Å²) in [6.45, 7) is 3.20. The Bertz CT molecular complexity index is 793. The number of hydrogen-bond donors (Lipinski definition) is 3. The van der Waals surface area contributed by atoms with Crippen molar-refractivity contribution in [2.45, 2.75) is 13.0 Å². The van der Waals surface area contributed by atoms with Gasteiger partial charge in [0.05, 0.1) is 26.3 Å². The van der Waals surface area contributed by atoms with Gasteiger partial charge in [0.15, 0.2) is 17.5 Å². The third-order valence-corrected chi connectivity index (χ3v) is 3.79. The average molecular weight is 521 g/mol. The number of aliphatic hydroxyl groups is 1. The number of nitrogens with zero attached hydrogens (tertiary/aromatic N) is 1. The first kappa shape index (κ1) is 24.9. The Morgan fingerprint density at radius 1 is 1.17 bits per heavy atom. The van der Waals surface area contributed by atoms with Crippen LogP contribution in [0.2, 0.25) is 0 Å². The van der Waals surface area contributed by atoms with Crippen molar-refractivity contribution in [3.05, 3.63) is 59.7 Å². The minimum Gasteiger partial charge on any atom is -0.497 e. The van der Waals surface area contributed by atoms with Crippen LogP contribution in [0.4, 0.5) is 8.78 Å². The summed E-state index contributed by atoms with van der Waals surface area (Å²) in [6, 6.07) is 10.3. The number of benzene rings is 2. The van der Waals surface area contributed by atoms with Gasteiger partial charge in [0.2, 0.25) is 0 Å². The fourth-order valence-electron chi connectivity index (χ4n) is 2.40. The Hall–Kier alpha value is -2.14. The van der Waals surface area contributed by atoms with Crippen molar-refractivity contribution in [1.82, 2.24) is 10.6 Å². The molecule has 0 aromatic heterocycles. The van der Waals surface area contributed by atoms with Crippen LogP contribution < -0.4 is 20.1 Å². The fourth-order valence-corrected chi connectivity index (χ4v) is 2.40. The molecule has 2 rings (SSSR count). The lowest BCUT2D eigenvalue weighted by Gasteiger charge is -2.14. The molecule has 0 bridgehead atoms. The van der Waals surface area contributed by atoms with E-state index in [4.69, 9.17) is 9.47 Å². The molecule has 0 saturated heterocycles. The van der Waals surface area contributed by atoms with Crippen molar-refractivity contribution in [1.29, 1.82) is 0 Å². The molecule has 160 valence electrons. The summed E-state index contributed by atoms with van der Waals surface area (Å²) in [5, 5.41) is 16.4. The molecular formula is C20H26F2IN3O3. The van der Waals surface area contributed by atoms with Crippen LogP contribution >= 0.6 is 24.0 Å². The molecule has 0 aliphatic heterocycles. The van der Waals surface area contributed by atoms with Crippen molar-refractivity contribution in [2.24, 2.45) is 4.99 Å². The number of hydrogen-bond acceptors (Lipinski definition) is 4. The molecule has 0 radical (unpaired) electrons. The first-order chi connectivity index (χ1) is 13.5. The van der Waals surface area contributed by atoms with Crippen LogP contribution in [-0.2, 0) is 0 Å². The molecule has 1 atom stereocenters. The Morgan fingerprint density at radius 2 is 1.97 bits per heavy atom. The maximum absolute atomic E-state index is 13.5. The van der Waals surface area contributed by atoms with Gasteiger partial charge in [0.25, 0.3) is 0 Å². The van der Waals surface area contributed by atoms with E-state index >= 15 is 0 Å². The van der Waals surface area contributed by atoms with Gasteiger partial charge in [-0.25, -0.2) is 8.78 Å². The zero-order chi connectivity index (χ0) is 20.4. The van der Waals surface area contributed by atoms with E-state index in [2.05, 4.69) is 15.6 Å². The van der Waals surface area contributed by atoms with Crippen LogP contribution in [0.5, 0.6) is 11.5 Å². The second-order valence-electron chi connectivity index (χ2n) is 5.86. The number of methoxy groups -OCH3 is 1. The predicted octanol–water partition coefficient (Wildman–Crippen LogP) is 3.26. The van der Waals surface area contributed by atoms with Crippen molar-refractivity contribution in [3.63, 3.8) is 0 Å². The molecule has 0 aliphatic rings.